The highest BCUT2D eigenvalue weighted by molar-refractivity contribution is 5.98. The molecular formula is C31H27FN8O. The molecule has 0 bridgehead atoms. The highest BCUT2D eigenvalue weighted by Crippen LogP contribution is 2.33. The Bertz CT molecular complexity index is 1870. The molecule has 0 spiro atoms. The summed E-state index contributed by atoms with van der Waals surface area (Å²) in [6, 6.07) is 16.1. The molecule has 5 heterocycles. The number of hydrogen-bond donors (Lipinski definition) is 4. The van der Waals surface area contributed by atoms with E-state index in [1.54, 1.807) is 30.7 Å². The molecule has 1 saturated heterocycles. The second-order valence-electron chi connectivity index (χ2n) is 10.4. The summed E-state index contributed by atoms with van der Waals surface area (Å²) in [5, 5.41) is 14.9. The van der Waals surface area contributed by atoms with Crippen molar-refractivity contribution < 1.29 is 9.18 Å². The van der Waals surface area contributed by atoms with Crippen LogP contribution in [0.5, 0.6) is 0 Å². The summed E-state index contributed by atoms with van der Waals surface area (Å²) in [6.45, 7) is 1.93. The highest BCUT2D eigenvalue weighted by Gasteiger charge is 2.18. The summed E-state index contributed by atoms with van der Waals surface area (Å²) in [6.07, 6.45) is 7.72. The summed E-state index contributed by atoms with van der Waals surface area (Å²) in [7, 11) is 0. The maximum Gasteiger partial charge on any atom is 0.224 e. The summed E-state index contributed by atoms with van der Waals surface area (Å²) in [5.41, 5.74) is 6.99. The molecule has 10 heteroatoms. The van der Waals surface area contributed by atoms with Gasteiger partial charge in [-0.15, -0.1) is 0 Å². The number of carbonyl (C=O) groups is 1. The Hall–Kier alpha value is -4.96. The van der Waals surface area contributed by atoms with E-state index in [0.29, 0.717) is 40.7 Å². The van der Waals surface area contributed by atoms with Crippen molar-refractivity contribution in [2.75, 3.05) is 18.4 Å². The molecule has 7 rings (SSSR count). The Balaban J connectivity index is 1.19. The molecule has 0 saturated carbocycles. The first-order valence-electron chi connectivity index (χ1n) is 13.7. The van der Waals surface area contributed by atoms with Gasteiger partial charge in [0.05, 0.1) is 17.4 Å². The Morgan fingerprint density at radius 1 is 0.976 bits per heavy atom. The third-order valence-corrected chi connectivity index (χ3v) is 7.62. The van der Waals surface area contributed by atoms with Gasteiger partial charge < -0.3 is 15.6 Å². The Kier molecular flexibility index (Phi) is 6.44. The zero-order valence-electron chi connectivity index (χ0n) is 22.1. The molecule has 0 atom stereocenters. The fourth-order valence-electron chi connectivity index (χ4n) is 5.49. The number of H-pyrrole nitrogens is 2. The van der Waals surface area contributed by atoms with Gasteiger partial charge in [0.1, 0.15) is 17.0 Å². The average Bonchev–Trinajstić information content (AvgIpc) is 3.62. The number of piperidine rings is 1. The van der Waals surface area contributed by atoms with Crippen molar-refractivity contribution in [3.05, 3.63) is 79.0 Å². The number of amides is 1. The van der Waals surface area contributed by atoms with Crippen molar-refractivity contribution >= 4 is 33.7 Å². The van der Waals surface area contributed by atoms with Gasteiger partial charge in [-0.05, 0) is 79.4 Å². The third kappa shape index (κ3) is 5.05. The number of imidazole rings is 1. The normalized spacial score (nSPS) is 14.1. The lowest BCUT2D eigenvalue weighted by Gasteiger charge is -2.21. The zero-order chi connectivity index (χ0) is 27.8. The minimum atomic E-state index is -0.291. The van der Waals surface area contributed by atoms with Crippen molar-refractivity contribution in [1.82, 2.24) is 35.5 Å². The van der Waals surface area contributed by atoms with Gasteiger partial charge >= 0.3 is 0 Å². The molecule has 204 valence electrons. The van der Waals surface area contributed by atoms with E-state index < -0.39 is 0 Å². The van der Waals surface area contributed by atoms with E-state index in [4.69, 9.17) is 4.98 Å². The molecule has 0 unspecified atom stereocenters. The van der Waals surface area contributed by atoms with Crippen molar-refractivity contribution in [1.29, 1.82) is 0 Å². The lowest BCUT2D eigenvalue weighted by atomic mass is 9.94. The number of anilines is 1. The monoisotopic (exact) mass is 546 g/mol. The summed E-state index contributed by atoms with van der Waals surface area (Å²) < 4.78 is 13.5. The average molecular weight is 547 g/mol. The first-order chi connectivity index (χ1) is 20.1. The summed E-state index contributed by atoms with van der Waals surface area (Å²) in [4.78, 5) is 29.6. The first kappa shape index (κ1) is 25.0. The van der Waals surface area contributed by atoms with Gasteiger partial charge in [0.25, 0.3) is 0 Å². The van der Waals surface area contributed by atoms with E-state index in [1.807, 2.05) is 30.3 Å². The number of nitrogens with zero attached hydrogens (tertiary/aromatic N) is 4. The van der Waals surface area contributed by atoms with Gasteiger partial charge in [0.2, 0.25) is 5.91 Å². The van der Waals surface area contributed by atoms with Crippen molar-refractivity contribution in [3.8, 4) is 33.8 Å². The van der Waals surface area contributed by atoms with E-state index in [1.165, 1.54) is 12.1 Å². The molecule has 1 aliphatic rings. The number of pyridine rings is 2. The van der Waals surface area contributed by atoms with E-state index in [9.17, 15) is 9.18 Å². The third-order valence-electron chi connectivity index (χ3n) is 7.62. The fraction of sp³-hybridized carbons (Fsp3) is 0.194. The van der Waals surface area contributed by atoms with Gasteiger partial charge in [0.15, 0.2) is 11.5 Å². The summed E-state index contributed by atoms with van der Waals surface area (Å²) in [5.74, 6) is 0.708. The minimum Gasteiger partial charge on any atom is -0.325 e. The molecule has 4 N–H and O–H groups in total. The van der Waals surface area contributed by atoms with E-state index >= 15 is 0 Å². The second kappa shape index (κ2) is 10.5. The van der Waals surface area contributed by atoms with Crippen LogP contribution in [0.15, 0.2) is 73.2 Å². The van der Waals surface area contributed by atoms with Gasteiger partial charge in [0, 0.05) is 35.3 Å². The van der Waals surface area contributed by atoms with Crippen LogP contribution in [-0.2, 0) is 4.79 Å². The van der Waals surface area contributed by atoms with E-state index in [2.05, 4.69) is 35.8 Å². The number of halogens is 1. The van der Waals surface area contributed by atoms with Crippen LogP contribution >= 0.6 is 0 Å². The smallest absolute Gasteiger partial charge is 0.224 e. The lowest BCUT2D eigenvalue weighted by Crippen LogP contribution is -2.30. The van der Waals surface area contributed by atoms with Gasteiger partial charge in [-0.25, -0.2) is 14.4 Å². The van der Waals surface area contributed by atoms with Crippen LogP contribution in [0.25, 0.3) is 55.8 Å². The van der Waals surface area contributed by atoms with E-state index in [-0.39, 0.29) is 11.7 Å². The van der Waals surface area contributed by atoms with Gasteiger partial charge in [-0.2, -0.15) is 5.10 Å². The minimum absolute atomic E-state index is 0.0157. The zero-order valence-corrected chi connectivity index (χ0v) is 22.1. The number of benzene rings is 2. The van der Waals surface area contributed by atoms with Crippen LogP contribution in [0.3, 0.4) is 0 Å². The maximum atomic E-state index is 13.5. The quantitative estimate of drug-likeness (QED) is 0.213. The number of hydrogen-bond acceptors (Lipinski definition) is 6. The molecule has 1 fully saturated rings. The number of aromatic nitrogens is 6. The number of nitrogens with one attached hydrogen (secondary N) is 4. The Labute approximate surface area is 234 Å². The molecule has 9 nitrogen and oxygen atoms in total. The molecule has 1 amide bonds. The molecule has 6 aromatic rings. The molecule has 0 radical (unpaired) electrons. The second-order valence-corrected chi connectivity index (χ2v) is 10.4. The largest absolute Gasteiger partial charge is 0.325 e. The SMILES string of the molecule is O=C(CC1CCNCC1)Nc1cncc(-c2ccc3[nH]nc(-c4nc5c(-c6ccc(F)cc6)ccnc5[nH]4)c3c2)c1. The Morgan fingerprint density at radius 2 is 1.80 bits per heavy atom. The number of fused-ring (bicyclic) bond motifs is 2. The number of rotatable bonds is 6. The van der Waals surface area contributed by atoms with Crippen LogP contribution in [0.4, 0.5) is 10.1 Å². The first-order valence-corrected chi connectivity index (χ1v) is 13.7. The van der Waals surface area contributed by atoms with Crippen LogP contribution in [0.1, 0.15) is 19.3 Å². The highest BCUT2D eigenvalue weighted by atomic mass is 19.1. The van der Waals surface area contributed by atoms with Crippen molar-refractivity contribution in [3.63, 3.8) is 0 Å². The maximum absolute atomic E-state index is 13.5. The standard InChI is InChI=1S/C31H27FN8O/c32-22-4-1-19(2-5-22)24-9-12-35-30-28(24)37-31(38-30)29-25-15-20(3-6-26(25)39-40-29)21-14-23(17-34-16-21)36-27(41)13-18-7-10-33-11-8-18/h1-6,9,12,14-18,33H,7-8,10-11,13H2,(H,36,41)(H,39,40)(H,35,37,38). The molecule has 2 aromatic carbocycles. The van der Waals surface area contributed by atoms with Crippen LogP contribution in [0.2, 0.25) is 0 Å². The molecule has 0 aliphatic carbocycles. The molecule has 41 heavy (non-hydrogen) atoms. The Morgan fingerprint density at radius 3 is 2.66 bits per heavy atom. The summed E-state index contributed by atoms with van der Waals surface area (Å²) >= 11 is 0. The van der Waals surface area contributed by atoms with Crippen LogP contribution < -0.4 is 10.6 Å². The number of carbonyl (C=O) groups excluding carboxylic acids is 1. The number of aromatic amines is 2. The van der Waals surface area contributed by atoms with Crippen LogP contribution in [0, 0.1) is 11.7 Å². The molecule has 1 aliphatic heterocycles. The predicted molar refractivity (Wildman–Crippen MR) is 156 cm³/mol. The lowest BCUT2D eigenvalue weighted by molar-refractivity contribution is -0.117. The van der Waals surface area contributed by atoms with E-state index in [0.717, 1.165) is 59.1 Å². The molecular weight excluding hydrogens is 519 g/mol. The van der Waals surface area contributed by atoms with Crippen molar-refractivity contribution in [2.45, 2.75) is 19.3 Å². The van der Waals surface area contributed by atoms with Crippen LogP contribution in [-0.4, -0.2) is 49.1 Å². The van der Waals surface area contributed by atoms with Gasteiger partial charge in [-0.1, -0.05) is 18.2 Å². The van der Waals surface area contributed by atoms with Gasteiger partial charge in [-0.3, -0.25) is 14.9 Å². The predicted octanol–water partition coefficient (Wildman–Crippen LogP) is 5.70. The topological polar surface area (TPSA) is 124 Å². The van der Waals surface area contributed by atoms with Crippen molar-refractivity contribution in [2.24, 2.45) is 5.92 Å². The fourth-order valence-corrected chi connectivity index (χ4v) is 5.49. The molecule has 4 aromatic heterocycles.